The number of anilines is 6. The van der Waals surface area contributed by atoms with E-state index in [1.807, 2.05) is 0 Å². The SMILES string of the molecule is Nc1c(N=Nc2ccc(S(=O)(=O)O)cc2)c(S(=O)(=O)O)cc2c1C(=O)C(=NNc1cc(Nc3nc(F)nc(Nc4cccc(Cl)c4)n3)ccc1S(=O)(=O)O)C(S(=O)(=O)O)=C2. The number of rotatable bonds is 12. The van der Waals surface area contributed by atoms with E-state index in [4.69, 9.17) is 17.3 Å². The number of nitrogens with zero attached hydrogens (tertiary/aromatic N) is 6. The van der Waals surface area contributed by atoms with E-state index in [9.17, 15) is 61.1 Å². The zero-order chi connectivity index (χ0) is 43.9. The van der Waals surface area contributed by atoms with Crippen molar-refractivity contribution in [2.24, 2.45) is 15.3 Å². The van der Waals surface area contributed by atoms with Crippen LogP contribution >= 0.6 is 11.6 Å². The summed E-state index contributed by atoms with van der Waals surface area (Å²) in [6.07, 6.45) is -0.725. The molecule has 1 aromatic heterocycles. The number of hydrogen-bond acceptors (Lipinski definition) is 19. The summed E-state index contributed by atoms with van der Waals surface area (Å²) in [7, 11) is -20.5. The summed E-state index contributed by atoms with van der Waals surface area (Å²) in [4.78, 5) is 21.2. The summed E-state index contributed by atoms with van der Waals surface area (Å²) < 4.78 is 151. The number of carbonyl (C=O) groups excluding carboxylic acids is 1. The Kier molecular flexibility index (Phi) is 11.5. The second-order valence-corrected chi connectivity index (χ2v) is 17.9. The van der Waals surface area contributed by atoms with Gasteiger partial charge >= 0.3 is 6.08 Å². The average molecular weight is 925 g/mol. The van der Waals surface area contributed by atoms with Crippen molar-refractivity contribution in [1.29, 1.82) is 0 Å². The molecule has 0 unspecified atom stereocenters. The molecule has 0 atom stereocenters. The number of carbonyl (C=O) groups is 1. The Morgan fingerprint density at radius 2 is 1.32 bits per heavy atom. The lowest BCUT2D eigenvalue weighted by atomic mass is 9.92. The maximum absolute atomic E-state index is 14.4. The number of benzene rings is 4. The first-order valence-corrected chi connectivity index (χ1v) is 21.9. The van der Waals surface area contributed by atoms with Crippen molar-refractivity contribution in [3.05, 3.63) is 99.9 Å². The van der Waals surface area contributed by atoms with Gasteiger partial charge in [0.25, 0.3) is 40.5 Å². The highest BCUT2D eigenvalue weighted by atomic mass is 35.5. The van der Waals surface area contributed by atoms with Crippen LogP contribution in [0.15, 0.2) is 108 Å². The first-order chi connectivity index (χ1) is 27.9. The Hall–Kier alpha value is -6.37. The van der Waals surface area contributed by atoms with Crippen molar-refractivity contribution in [2.75, 3.05) is 21.8 Å². The minimum absolute atomic E-state index is 0.125. The quantitative estimate of drug-likeness (QED) is 0.0361. The fourth-order valence-corrected chi connectivity index (χ4v) is 7.84. The third-order valence-corrected chi connectivity index (χ3v) is 11.5. The van der Waals surface area contributed by atoms with Crippen LogP contribution in [0, 0.1) is 6.08 Å². The van der Waals surface area contributed by atoms with Crippen LogP contribution in [0.4, 0.5) is 50.4 Å². The second-order valence-electron chi connectivity index (χ2n) is 11.8. The summed E-state index contributed by atoms with van der Waals surface area (Å²) in [5.41, 5.74) is 3.45. The van der Waals surface area contributed by atoms with E-state index in [1.165, 1.54) is 6.07 Å². The first-order valence-electron chi connectivity index (χ1n) is 15.7. The molecule has 6 rings (SSSR count). The van der Waals surface area contributed by atoms with Gasteiger partial charge in [-0.05, 0) is 78.4 Å². The van der Waals surface area contributed by atoms with Gasteiger partial charge in [-0.15, -0.1) is 5.11 Å². The van der Waals surface area contributed by atoms with Gasteiger partial charge in [0.05, 0.1) is 27.5 Å². The number of nitrogen functional groups attached to an aromatic ring is 1. The maximum Gasteiger partial charge on any atom is 0.315 e. The number of allylic oxidation sites excluding steroid dienone is 1. The molecule has 1 aliphatic rings. The molecule has 4 aromatic carbocycles. The number of hydrogen-bond donors (Lipinski definition) is 8. The number of azo groups is 1. The average Bonchev–Trinajstić information content (AvgIpc) is 3.12. The molecule has 1 heterocycles. The van der Waals surface area contributed by atoms with Crippen molar-refractivity contribution in [2.45, 2.75) is 14.7 Å². The number of nitrogens with one attached hydrogen (secondary N) is 3. The number of halogens is 2. The minimum Gasteiger partial charge on any atom is -0.396 e. The first kappa shape index (κ1) is 43.2. The zero-order valence-corrected chi connectivity index (χ0v) is 33.1. The Bertz CT molecular complexity index is 3190. The molecule has 9 N–H and O–H groups in total. The Balaban J connectivity index is 1.41. The molecule has 312 valence electrons. The summed E-state index contributed by atoms with van der Waals surface area (Å²) in [6.45, 7) is 0. The number of nitrogens with two attached hydrogens (primary N) is 1. The van der Waals surface area contributed by atoms with E-state index >= 15 is 0 Å². The van der Waals surface area contributed by atoms with Crippen LogP contribution in [0.3, 0.4) is 0 Å². The number of hydrazone groups is 1. The molecule has 0 bridgehead atoms. The van der Waals surface area contributed by atoms with Gasteiger partial charge in [-0.1, -0.05) is 17.7 Å². The maximum atomic E-state index is 14.4. The molecule has 0 spiro atoms. The topological polar surface area (TPSA) is 372 Å². The molecular weight excluding hydrogens is 903 g/mol. The van der Waals surface area contributed by atoms with Gasteiger partial charge in [0.15, 0.2) is 5.71 Å². The molecule has 5 aromatic rings. The molecule has 60 heavy (non-hydrogen) atoms. The van der Waals surface area contributed by atoms with Gasteiger partial charge < -0.3 is 16.4 Å². The van der Waals surface area contributed by atoms with Crippen LogP contribution in [-0.4, -0.2) is 78.3 Å². The van der Waals surface area contributed by atoms with Gasteiger partial charge in [0.1, 0.15) is 20.4 Å². The fourth-order valence-electron chi connectivity index (χ4n) is 5.21. The van der Waals surface area contributed by atoms with Gasteiger partial charge in [-0.2, -0.15) is 63.2 Å². The third-order valence-electron chi connectivity index (χ3n) is 7.74. The summed E-state index contributed by atoms with van der Waals surface area (Å²) in [6, 6.07) is 13.5. The summed E-state index contributed by atoms with van der Waals surface area (Å²) in [5.74, 6) is -2.19. The Morgan fingerprint density at radius 1 is 0.700 bits per heavy atom. The van der Waals surface area contributed by atoms with E-state index in [0.717, 1.165) is 42.5 Å². The second kappa shape index (κ2) is 16.0. The van der Waals surface area contributed by atoms with E-state index in [1.54, 1.807) is 18.2 Å². The normalized spacial score (nSPS) is 14.2. The number of aromatic nitrogens is 3. The lowest BCUT2D eigenvalue weighted by Gasteiger charge is -2.20. The molecule has 0 saturated carbocycles. The van der Waals surface area contributed by atoms with Crippen molar-refractivity contribution in [1.82, 2.24) is 15.0 Å². The highest BCUT2D eigenvalue weighted by Crippen LogP contribution is 2.41. The molecule has 0 fully saturated rings. The van der Waals surface area contributed by atoms with Gasteiger partial charge in [0.2, 0.25) is 17.7 Å². The van der Waals surface area contributed by atoms with E-state index in [-0.39, 0.29) is 17.3 Å². The van der Waals surface area contributed by atoms with Crippen molar-refractivity contribution < 1.29 is 61.1 Å². The Morgan fingerprint density at radius 3 is 1.88 bits per heavy atom. The predicted octanol–water partition coefficient (Wildman–Crippen LogP) is 4.78. The highest BCUT2D eigenvalue weighted by molar-refractivity contribution is 7.91. The zero-order valence-electron chi connectivity index (χ0n) is 29.1. The molecule has 0 aliphatic heterocycles. The van der Waals surface area contributed by atoms with Gasteiger partial charge in [0, 0.05) is 16.4 Å². The monoisotopic (exact) mass is 924 g/mol. The molecule has 0 amide bonds. The van der Waals surface area contributed by atoms with Gasteiger partial charge in [-0.25, -0.2) is 0 Å². The fraction of sp³-hybridized carbons (Fsp3) is 0. The third kappa shape index (κ3) is 9.73. The van der Waals surface area contributed by atoms with E-state index < -0.39 is 112 Å². The molecule has 0 saturated heterocycles. The number of Topliss-reactive ketones (excluding diaryl/α,β-unsaturated/α-hetero) is 1. The van der Waals surface area contributed by atoms with Crippen LogP contribution in [0.2, 0.25) is 5.02 Å². The minimum atomic E-state index is -5.44. The van der Waals surface area contributed by atoms with Crippen molar-refractivity contribution in [3.8, 4) is 0 Å². The van der Waals surface area contributed by atoms with Crippen molar-refractivity contribution >= 4 is 116 Å². The standard InChI is InChI=1S/C31H22ClFN10O13S4/c32-15-2-1-3-17(12-15)35-30-37-29(33)38-31(39-30)36-18-6-9-21(58(48,49)50)20(13-18)41-43-27-23(60(54,55)56)11-14-10-22(59(51,52)53)26(25(34)24(14)28(27)44)42-40-16-4-7-19(8-5-16)57(45,46)47/h1-13,41H,34H2,(H,45,46,47)(H,48,49,50)(H,51,52,53)(H,54,55,56)(H2,35,36,37,38,39). The van der Waals surface area contributed by atoms with Crippen molar-refractivity contribution in [3.63, 3.8) is 0 Å². The van der Waals surface area contributed by atoms with Gasteiger partial charge in [-0.3, -0.25) is 28.4 Å². The lowest BCUT2D eigenvalue weighted by molar-refractivity contribution is 0.106. The van der Waals surface area contributed by atoms with E-state index in [2.05, 4.69) is 46.3 Å². The number of fused-ring (bicyclic) bond motifs is 1. The smallest absolute Gasteiger partial charge is 0.315 e. The molecule has 23 nitrogen and oxygen atoms in total. The van der Waals surface area contributed by atoms with Crippen LogP contribution in [0.5, 0.6) is 0 Å². The molecule has 29 heteroatoms. The molecular formula is C31H22ClFN10O13S4. The molecule has 1 aliphatic carbocycles. The predicted molar refractivity (Wildman–Crippen MR) is 210 cm³/mol. The Labute approximate surface area is 342 Å². The van der Waals surface area contributed by atoms with E-state index in [0.29, 0.717) is 22.9 Å². The summed E-state index contributed by atoms with van der Waals surface area (Å²) >= 11 is 5.98. The van der Waals surface area contributed by atoms with Crippen LogP contribution in [0.1, 0.15) is 15.9 Å². The molecule has 0 radical (unpaired) electrons. The largest absolute Gasteiger partial charge is 0.396 e. The summed E-state index contributed by atoms with van der Waals surface area (Å²) in [5, 5.41) is 16.7. The highest BCUT2D eigenvalue weighted by Gasteiger charge is 2.37. The number of ketones is 1. The van der Waals surface area contributed by atoms with Crippen LogP contribution in [-0.2, 0) is 40.5 Å². The van der Waals surface area contributed by atoms with Crippen LogP contribution in [0.25, 0.3) is 6.08 Å². The lowest BCUT2D eigenvalue weighted by Crippen LogP contribution is -2.28. The van der Waals surface area contributed by atoms with Crippen LogP contribution < -0.4 is 21.8 Å².